The first-order valence-corrected chi connectivity index (χ1v) is 13.2. The summed E-state index contributed by atoms with van der Waals surface area (Å²) in [4.78, 5) is 0.467. The molecule has 0 spiro atoms. The van der Waals surface area contributed by atoms with E-state index in [1.165, 1.54) is 8.61 Å². The molecule has 0 saturated carbocycles. The van der Waals surface area contributed by atoms with Gasteiger partial charge in [0.2, 0.25) is 20.0 Å². The Morgan fingerprint density at radius 3 is 1.68 bits per heavy atom. The largest absolute Gasteiger partial charge is 0.243 e. The van der Waals surface area contributed by atoms with Crippen LogP contribution in [0.2, 0.25) is 0 Å². The zero-order valence-electron chi connectivity index (χ0n) is 17.6. The monoisotopic (exact) mass is 458 g/mol. The van der Waals surface area contributed by atoms with Gasteiger partial charge in [0.05, 0.1) is 9.79 Å². The lowest BCUT2D eigenvalue weighted by atomic mass is 10.0. The summed E-state index contributed by atoms with van der Waals surface area (Å²) >= 11 is 0. The number of hydrogen-bond acceptors (Lipinski definition) is 4. The Bertz CT molecular complexity index is 1290. The van der Waals surface area contributed by atoms with Crippen molar-refractivity contribution in [1.82, 2.24) is 8.61 Å². The average Bonchev–Trinajstić information content (AvgIpc) is 2.79. The number of sulfonamides is 2. The quantitative estimate of drug-likeness (QED) is 0.585. The Morgan fingerprint density at radius 2 is 1.13 bits per heavy atom. The van der Waals surface area contributed by atoms with Gasteiger partial charge in [-0.2, -0.15) is 8.61 Å². The van der Waals surface area contributed by atoms with E-state index in [0.717, 1.165) is 16.3 Å². The molecular weight excluding hydrogens is 432 g/mol. The maximum Gasteiger partial charge on any atom is 0.243 e. The average molecular weight is 459 g/mol. The molecule has 1 saturated heterocycles. The highest BCUT2D eigenvalue weighted by Crippen LogP contribution is 2.25. The van der Waals surface area contributed by atoms with Crippen molar-refractivity contribution in [3.8, 4) is 0 Å². The van der Waals surface area contributed by atoms with Crippen LogP contribution in [-0.4, -0.2) is 51.6 Å². The summed E-state index contributed by atoms with van der Waals surface area (Å²) in [5, 5.41) is 1.83. The molecule has 1 aliphatic rings. The van der Waals surface area contributed by atoms with Crippen LogP contribution in [0.25, 0.3) is 10.8 Å². The second kappa shape index (κ2) is 8.35. The molecule has 0 amide bonds. The topological polar surface area (TPSA) is 74.8 Å². The van der Waals surface area contributed by atoms with Crippen LogP contribution >= 0.6 is 0 Å². The third-order valence-electron chi connectivity index (χ3n) is 5.74. The van der Waals surface area contributed by atoms with Crippen molar-refractivity contribution >= 4 is 30.8 Å². The van der Waals surface area contributed by atoms with Crippen molar-refractivity contribution in [2.75, 3.05) is 26.2 Å². The van der Waals surface area contributed by atoms with E-state index >= 15 is 0 Å². The van der Waals surface area contributed by atoms with Crippen LogP contribution in [-0.2, 0) is 20.0 Å². The van der Waals surface area contributed by atoms with Gasteiger partial charge in [0.25, 0.3) is 0 Å². The highest BCUT2D eigenvalue weighted by Gasteiger charge is 2.33. The number of fused-ring (bicyclic) bond motifs is 1. The van der Waals surface area contributed by atoms with E-state index in [2.05, 4.69) is 13.8 Å². The molecule has 4 rings (SSSR count). The third-order valence-corrected chi connectivity index (χ3v) is 9.55. The third kappa shape index (κ3) is 4.25. The first kappa shape index (κ1) is 22.0. The lowest BCUT2D eigenvalue weighted by Crippen LogP contribution is -2.50. The molecule has 0 N–H and O–H groups in total. The number of hydrogen-bond donors (Lipinski definition) is 0. The van der Waals surface area contributed by atoms with Crippen molar-refractivity contribution in [3.63, 3.8) is 0 Å². The lowest BCUT2D eigenvalue weighted by molar-refractivity contribution is 0.273. The van der Waals surface area contributed by atoms with Crippen LogP contribution in [0.3, 0.4) is 0 Å². The lowest BCUT2D eigenvalue weighted by Gasteiger charge is -2.33. The van der Waals surface area contributed by atoms with Crippen LogP contribution in [0, 0.1) is 0 Å². The standard InChI is InChI=1S/C23H26N2O4S2/c1-18(2)19-7-10-22(11-8-19)30(26,27)24-13-15-25(16-14-24)31(28,29)23-12-9-20-5-3-4-6-21(20)17-23/h3-12,17-18H,13-16H2,1-2H3. The van der Waals surface area contributed by atoms with Crippen molar-refractivity contribution in [1.29, 1.82) is 0 Å². The van der Waals surface area contributed by atoms with Gasteiger partial charge in [-0.1, -0.05) is 56.3 Å². The van der Waals surface area contributed by atoms with Gasteiger partial charge in [-0.25, -0.2) is 16.8 Å². The molecule has 1 heterocycles. The Balaban J connectivity index is 1.50. The molecule has 6 nitrogen and oxygen atoms in total. The van der Waals surface area contributed by atoms with Crippen molar-refractivity contribution < 1.29 is 16.8 Å². The van der Waals surface area contributed by atoms with Crippen molar-refractivity contribution in [3.05, 3.63) is 72.3 Å². The van der Waals surface area contributed by atoms with Gasteiger partial charge in [0.15, 0.2) is 0 Å². The van der Waals surface area contributed by atoms with Crippen LogP contribution in [0.5, 0.6) is 0 Å². The smallest absolute Gasteiger partial charge is 0.207 e. The first-order chi connectivity index (χ1) is 14.7. The molecule has 3 aromatic carbocycles. The van der Waals surface area contributed by atoms with Gasteiger partial charge in [0, 0.05) is 26.2 Å². The fourth-order valence-corrected chi connectivity index (χ4v) is 6.68. The van der Waals surface area contributed by atoms with Crippen LogP contribution in [0.1, 0.15) is 25.3 Å². The fourth-order valence-electron chi connectivity index (χ4n) is 3.80. The SMILES string of the molecule is CC(C)c1ccc(S(=O)(=O)N2CCN(S(=O)(=O)c3ccc4ccccc4c3)CC2)cc1. The molecule has 0 aliphatic carbocycles. The van der Waals surface area contributed by atoms with Gasteiger partial charge in [0.1, 0.15) is 0 Å². The molecule has 0 atom stereocenters. The second-order valence-electron chi connectivity index (χ2n) is 8.04. The van der Waals surface area contributed by atoms with Gasteiger partial charge >= 0.3 is 0 Å². The van der Waals surface area contributed by atoms with E-state index in [4.69, 9.17) is 0 Å². The zero-order valence-corrected chi connectivity index (χ0v) is 19.2. The molecule has 0 unspecified atom stereocenters. The zero-order chi connectivity index (χ0) is 22.2. The minimum atomic E-state index is -3.69. The van der Waals surface area contributed by atoms with E-state index in [9.17, 15) is 16.8 Å². The number of nitrogens with zero attached hydrogens (tertiary/aromatic N) is 2. The fraction of sp³-hybridized carbons (Fsp3) is 0.304. The van der Waals surface area contributed by atoms with Gasteiger partial charge < -0.3 is 0 Å². The highest BCUT2D eigenvalue weighted by atomic mass is 32.2. The normalized spacial score (nSPS) is 16.7. The molecule has 164 valence electrons. The minimum Gasteiger partial charge on any atom is -0.207 e. The summed E-state index contributed by atoms with van der Waals surface area (Å²) in [6.45, 7) is 4.61. The van der Waals surface area contributed by atoms with Crippen LogP contribution < -0.4 is 0 Å². The number of benzene rings is 3. The van der Waals surface area contributed by atoms with Gasteiger partial charge in [-0.3, -0.25) is 0 Å². The molecule has 0 radical (unpaired) electrons. The predicted molar refractivity (Wildman–Crippen MR) is 122 cm³/mol. The molecule has 0 bridgehead atoms. The number of piperazine rings is 1. The van der Waals surface area contributed by atoms with Gasteiger partial charge in [-0.15, -0.1) is 0 Å². The van der Waals surface area contributed by atoms with Gasteiger partial charge in [-0.05, 0) is 46.5 Å². The predicted octanol–water partition coefficient (Wildman–Crippen LogP) is 3.66. The van der Waals surface area contributed by atoms with Crippen LogP contribution in [0.4, 0.5) is 0 Å². The maximum absolute atomic E-state index is 13.1. The molecule has 3 aromatic rings. The highest BCUT2D eigenvalue weighted by molar-refractivity contribution is 7.89. The summed E-state index contributed by atoms with van der Waals surface area (Å²) in [6, 6.07) is 19.6. The Kier molecular flexibility index (Phi) is 5.91. The van der Waals surface area contributed by atoms with E-state index in [1.54, 1.807) is 30.3 Å². The molecular formula is C23H26N2O4S2. The summed E-state index contributed by atoms with van der Waals surface area (Å²) in [5.41, 5.74) is 1.07. The van der Waals surface area contributed by atoms with Crippen molar-refractivity contribution in [2.45, 2.75) is 29.6 Å². The van der Waals surface area contributed by atoms with Crippen LogP contribution in [0.15, 0.2) is 76.5 Å². The molecule has 8 heteroatoms. The Hall–Kier alpha value is -2.26. The molecule has 0 aromatic heterocycles. The first-order valence-electron chi connectivity index (χ1n) is 10.3. The maximum atomic E-state index is 13.1. The minimum absolute atomic E-state index is 0.123. The Labute approximate surface area is 184 Å². The number of rotatable bonds is 5. The molecule has 1 fully saturated rings. The summed E-state index contributed by atoms with van der Waals surface area (Å²) < 4.78 is 55.0. The second-order valence-corrected chi connectivity index (χ2v) is 11.9. The molecule has 1 aliphatic heterocycles. The Morgan fingerprint density at radius 1 is 0.645 bits per heavy atom. The summed E-state index contributed by atoms with van der Waals surface area (Å²) in [5.74, 6) is 0.320. The van der Waals surface area contributed by atoms with E-state index < -0.39 is 20.0 Å². The van der Waals surface area contributed by atoms with Crippen molar-refractivity contribution in [2.24, 2.45) is 0 Å². The van der Waals surface area contributed by atoms with E-state index in [0.29, 0.717) is 5.92 Å². The summed E-state index contributed by atoms with van der Waals surface area (Å²) in [7, 11) is -7.35. The van der Waals surface area contributed by atoms with E-state index in [-0.39, 0.29) is 36.0 Å². The summed E-state index contributed by atoms with van der Waals surface area (Å²) in [6.07, 6.45) is 0. The molecule has 31 heavy (non-hydrogen) atoms. The van der Waals surface area contributed by atoms with E-state index in [1.807, 2.05) is 36.4 Å².